The number of carboxylic acids is 1. The summed E-state index contributed by atoms with van der Waals surface area (Å²) in [4.78, 5) is 23.5. The Balaban J connectivity index is 1.93. The fraction of sp³-hybridized carbons (Fsp3) is 0.238. The topological polar surface area (TPSA) is 75.6 Å². The molecule has 5 nitrogen and oxygen atoms in total. The second kappa shape index (κ2) is 8.21. The fourth-order valence-corrected chi connectivity index (χ4v) is 3.25. The lowest BCUT2D eigenvalue weighted by atomic mass is 10.0. The van der Waals surface area contributed by atoms with Crippen molar-refractivity contribution in [1.29, 1.82) is 0 Å². The van der Waals surface area contributed by atoms with E-state index in [0.717, 1.165) is 12.1 Å². The average molecular weight is 387 g/mol. The summed E-state index contributed by atoms with van der Waals surface area (Å²) in [5.41, 5.74) is 0.222. The quantitative estimate of drug-likeness (QED) is 0.763. The number of halogens is 2. The molecular weight excluding hydrogens is 368 g/mol. The summed E-state index contributed by atoms with van der Waals surface area (Å²) in [7, 11) is 0. The van der Waals surface area contributed by atoms with Gasteiger partial charge >= 0.3 is 5.97 Å². The van der Waals surface area contributed by atoms with Crippen molar-refractivity contribution in [1.82, 2.24) is 0 Å². The Morgan fingerprint density at radius 3 is 2.39 bits per heavy atom. The van der Waals surface area contributed by atoms with Gasteiger partial charge < -0.3 is 15.2 Å². The zero-order valence-electron chi connectivity index (χ0n) is 15.2. The maximum Gasteiger partial charge on any atom is 0.332 e. The van der Waals surface area contributed by atoms with Crippen LogP contribution in [0.1, 0.15) is 26.2 Å². The minimum atomic E-state index is -1.19. The zero-order chi connectivity index (χ0) is 20.3. The summed E-state index contributed by atoms with van der Waals surface area (Å²) < 4.78 is 34.7. The van der Waals surface area contributed by atoms with Crippen LogP contribution >= 0.6 is 0 Å². The Hall–Kier alpha value is -3.22. The molecule has 0 heterocycles. The lowest BCUT2D eigenvalue weighted by Crippen LogP contribution is -2.18. The minimum absolute atomic E-state index is 0.0134. The maximum atomic E-state index is 14.6. The Kier molecular flexibility index (Phi) is 5.73. The molecule has 7 heteroatoms. The van der Waals surface area contributed by atoms with E-state index in [4.69, 9.17) is 9.84 Å². The molecule has 0 aromatic heterocycles. The molecule has 2 aromatic carbocycles. The smallest absolute Gasteiger partial charge is 0.332 e. The van der Waals surface area contributed by atoms with Crippen molar-refractivity contribution in [2.24, 2.45) is 0 Å². The molecule has 3 rings (SSSR count). The van der Waals surface area contributed by atoms with Gasteiger partial charge in [0, 0.05) is 16.7 Å². The number of carbonyl (C=O) groups is 2. The van der Waals surface area contributed by atoms with Crippen molar-refractivity contribution >= 4 is 17.6 Å². The van der Waals surface area contributed by atoms with E-state index in [9.17, 15) is 18.4 Å². The van der Waals surface area contributed by atoms with E-state index in [1.807, 2.05) is 0 Å². The molecule has 1 aliphatic rings. The molecule has 28 heavy (non-hydrogen) atoms. The molecule has 0 saturated heterocycles. The summed E-state index contributed by atoms with van der Waals surface area (Å²) in [5, 5.41) is 11.3. The number of carboxylic acid groups (broad SMARTS) is 1. The molecule has 0 saturated carbocycles. The van der Waals surface area contributed by atoms with Gasteiger partial charge in [-0.15, -0.1) is 0 Å². The van der Waals surface area contributed by atoms with E-state index in [1.54, 1.807) is 31.2 Å². The molecule has 2 aromatic rings. The van der Waals surface area contributed by atoms with E-state index >= 15 is 0 Å². The highest BCUT2D eigenvalue weighted by atomic mass is 19.1. The second-order valence-electron chi connectivity index (χ2n) is 6.31. The van der Waals surface area contributed by atoms with Gasteiger partial charge in [0.15, 0.2) is 0 Å². The highest BCUT2D eigenvalue weighted by Gasteiger charge is 2.26. The molecule has 0 radical (unpaired) electrons. The normalized spacial score (nSPS) is 13.5. The number of benzene rings is 2. The first-order valence-electron chi connectivity index (χ1n) is 8.90. The lowest BCUT2D eigenvalue weighted by molar-refractivity contribution is -0.133. The average Bonchev–Trinajstić information content (AvgIpc) is 3.15. The monoisotopic (exact) mass is 387 g/mol. The third-order valence-electron chi connectivity index (χ3n) is 4.53. The Morgan fingerprint density at radius 2 is 1.75 bits per heavy atom. The van der Waals surface area contributed by atoms with E-state index < -0.39 is 29.2 Å². The van der Waals surface area contributed by atoms with E-state index in [0.29, 0.717) is 24.3 Å². The van der Waals surface area contributed by atoms with E-state index in [1.165, 1.54) is 0 Å². The van der Waals surface area contributed by atoms with Gasteiger partial charge in [-0.1, -0.05) is 18.2 Å². The van der Waals surface area contributed by atoms with Gasteiger partial charge in [-0.3, -0.25) is 4.79 Å². The number of amides is 1. The standard InChI is InChI=1S/C21H19F2NO4/c1-2-28-18-9-4-3-6-13(18)12-10-16(22)19(17(23)11-12)24-20(25)14-7-5-8-15(14)21(26)27/h3-4,6,9-11H,2,5,7-8H2,1H3,(H,24,25)(H,26,27). The summed E-state index contributed by atoms with van der Waals surface area (Å²) in [6.07, 6.45) is 1.04. The first-order valence-corrected chi connectivity index (χ1v) is 8.90. The number of carbonyl (C=O) groups excluding carboxylic acids is 1. The van der Waals surface area contributed by atoms with Crippen LogP contribution in [-0.4, -0.2) is 23.6 Å². The van der Waals surface area contributed by atoms with Crippen molar-refractivity contribution in [3.63, 3.8) is 0 Å². The zero-order valence-corrected chi connectivity index (χ0v) is 15.2. The van der Waals surface area contributed by atoms with Gasteiger partial charge in [-0.2, -0.15) is 0 Å². The van der Waals surface area contributed by atoms with Gasteiger partial charge in [0.05, 0.1) is 6.61 Å². The van der Waals surface area contributed by atoms with Crippen molar-refractivity contribution in [2.75, 3.05) is 11.9 Å². The van der Waals surface area contributed by atoms with Crippen LogP contribution in [0.25, 0.3) is 11.1 Å². The van der Waals surface area contributed by atoms with Gasteiger partial charge in [0.25, 0.3) is 5.91 Å². The Labute approximate surface area is 160 Å². The number of anilines is 1. The predicted molar refractivity (Wildman–Crippen MR) is 100 cm³/mol. The van der Waals surface area contributed by atoms with Crippen molar-refractivity contribution in [3.8, 4) is 16.9 Å². The highest BCUT2D eigenvalue weighted by Crippen LogP contribution is 2.34. The summed E-state index contributed by atoms with van der Waals surface area (Å²) in [6.45, 7) is 2.21. The SMILES string of the molecule is CCOc1ccccc1-c1cc(F)c(NC(=O)C2=C(C(=O)O)CCC2)c(F)c1. The fourth-order valence-electron chi connectivity index (χ4n) is 3.25. The number of hydrogen-bond acceptors (Lipinski definition) is 3. The predicted octanol–water partition coefficient (Wildman–Crippen LogP) is 4.53. The number of rotatable bonds is 6. The Bertz CT molecular complexity index is 946. The molecular formula is C21H19F2NO4. The van der Waals surface area contributed by atoms with Crippen LogP contribution in [0.15, 0.2) is 47.5 Å². The van der Waals surface area contributed by atoms with Gasteiger partial charge in [-0.25, -0.2) is 13.6 Å². The number of nitrogens with one attached hydrogen (secondary N) is 1. The summed E-state index contributed by atoms with van der Waals surface area (Å²) in [5.74, 6) is -3.40. The van der Waals surface area contributed by atoms with Crippen LogP contribution in [0.2, 0.25) is 0 Å². The van der Waals surface area contributed by atoms with Crippen molar-refractivity contribution in [2.45, 2.75) is 26.2 Å². The summed E-state index contributed by atoms with van der Waals surface area (Å²) >= 11 is 0. The molecule has 0 unspecified atom stereocenters. The lowest BCUT2D eigenvalue weighted by Gasteiger charge is -2.13. The van der Waals surface area contributed by atoms with Crippen LogP contribution in [0.3, 0.4) is 0 Å². The van der Waals surface area contributed by atoms with Gasteiger partial charge in [0.1, 0.15) is 23.1 Å². The molecule has 0 atom stereocenters. The largest absolute Gasteiger partial charge is 0.493 e. The number of ether oxygens (including phenoxy) is 1. The van der Waals surface area contributed by atoms with Crippen LogP contribution in [0.4, 0.5) is 14.5 Å². The molecule has 0 bridgehead atoms. The molecule has 1 aliphatic carbocycles. The van der Waals surface area contributed by atoms with Crippen LogP contribution in [-0.2, 0) is 9.59 Å². The van der Waals surface area contributed by atoms with Gasteiger partial charge in [0.2, 0.25) is 0 Å². The summed E-state index contributed by atoms with van der Waals surface area (Å²) in [6, 6.07) is 9.08. The highest BCUT2D eigenvalue weighted by molar-refractivity contribution is 6.09. The molecule has 1 amide bonds. The molecule has 0 spiro atoms. The van der Waals surface area contributed by atoms with Gasteiger partial charge in [-0.05, 0) is 49.9 Å². The molecule has 2 N–H and O–H groups in total. The first-order chi connectivity index (χ1) is 13.4. The second-order valence-corrected chi connectivity index (χ2v) is 6.31. The molecule has 146 valence electrons. The third kappa shape index (κ3) is 3.88. The van der Waals surface area contributed by atoms with Crippen molar-refractivity contribution < 1.29 is 28.2 Å². The van der Waals surface area contributed by atoms with Crippen molar-refractivity contribution in [3.05, 3.63) is 59.2 Å². The first kappa shape index (κ1) is 19.5. The van der Waals surface area contributed by atoms with Crippen LogP contribution in [0, 0.1) is 11.6 Å². The van der Waals surface area contributed by atoms with E-state index in [-0.39, 0.29) is 29.6 Å². The molecule has 0 fully saturated rings. The van der Waals surface area contributed by atoms with Crippen LogP contribution in [0.5, 0.6) is 5.75 Å². The third-order valence-corrected chi connectivity index (χ3v) is 4.53. The maximum absolute atomic E-state index is 14.6. The molecule has 0 aliphatic heterocycles. The Morgan fingerprint density at radius 1 is 1.11 bits per heavy atom. The van der Waals surface area contributed by atoms with E-state index in [2.05, 4.69) is 5.32 Å². The number of para-hydroxylation sites is 1. The van der Waals surface area contributed by atoms with Crippen LogP contribution < -0.4 is 10.1 Å². The minimum Gasteiger partial charge on any atom is -0.493 e. The number of hydrogen-bond donors (Lipinski definition) is 2. The number of aliphatic carboxylic acids is 1.